The van der Waals surface area contributed by atoms with E-state index in [2.05, 4.69) is 46.3 Å². The molecule has 2 nitrogen and oxygen atoms in total. The van der Waals surface area contributed by atoms with E-state index in [0.29, 0.717) is 0 Å². The number of nitrogens with zero attached hydrogens (tertiary/aromatic N) is 1. The Bertz CT molecular complexity index is 585. The lowest BCUT2D eigenvalue weighted by atomic mass is 10.1. The number of aromatic nitrogens is 1. The molecule has 0 saturated heterocycles. The van der Waals surface area contributed by atoms with Gasteiger partial charge in [-0.15, -0.1) is 12.3 Å². The lowest BCUT2D eigenvalue weighted by Gasteiger charge is -2.05. The number of terminal acetylenes is 1. The Morgan fingerprint density at radius 1 is 1.33 bits per heavy atom. The Labute approximate surface area is 108 Å². The van der Waals surface area contributed by atoms with Gasteiger partial charge in [0, 0.05) is 37.3 Å². The zero-order valence-corrected chi connectivity index (χ0v) is 10.5. The van der Waals surface area contributed by atoms with Crippen LogP contribution in [0.15, 0.2) is 30.5 Å². The number of aryl methyl sites for hydroxylation is 1. The van der Waals surface area contributed by atoms with Crippen molar-refractivity contribution < 1.29 is 0 Å². The SMILES string of the molecule is C#CCCn1ccc2cc(CNC3CC3)ccc21. The monoisotopic (exact) mass is 238 g/mol. The van der Waals surface area contributed by atoms with Gasteiger partial charge in [-0.25, -0.2) is 0 Å². The highest BCUT2D eigenvalue weighted by atomic mass is 15.0. The van der Waals surface area contributed by atoms with Crippen molar-refractivity contribution >= 4 is 10.9 Å². The van der Waals surface area contributed by atoms with Crippen LogP contribution in [-0.4, -0.2) is 10.6 Å². The number of hydrogen-bond donors (Lipinski definition) is 1. The predicted octanol–water partition coefficient (Wildman–Crippen LogP) is 2.92. The third kappa shape index (κ3) is 2.42. The van der Waals surface area contributed by atoms with Gasteiger partial charge in [-0.2, -0.15) is 0 Å². The lowest BCUT2D eigenvalue weighted by Crippen LogP contribution is -2.15. The number of fused-ring (bicyclic) bond motifs is 1. The molecule has 3 rings (SSSR count). The molecule has 2 aromatic rings. The van der Waals surface area contributed by atoms with Gasteiger partial charge in [-0.05, 0) is 42.0 Å². The van der Waals surface area contributed by atoms with Gasteiger partial charge >= 0.3 is 0 Å². The van der Waals surface area contributed by atoms with E-state index in [0.717, 1.165) is 25.6 Å². The minimum Gasteiger partial charge on any atom is -0.347 e. The summed E-state index contributed by atoms with van der Waals surface area (Å²) in [6.45, 7) is 1.88. The largest absolute Gasteiger partial charge is 0.347 e. The number of rotatable bonds is 5. The van der Waals surface area contributed by atoms with Crippen molar-refractivity contribution in [3.63, 3.8) is 0 Å². The minimum atomic E-state index is 0.765. The van der Waals surface area contributed by atoms with E-state index in [1.807, 2.05) is 0 Å². The van der Waals surface area contributed by atoms with Crippen LogP contribution in [-0.2, 0) is 13.1 Å². The van der Waals surface area contributed by atoms with Gasteiger partial charge in [0.15, 0.2) is 0 Å². The first kappa shape index (κ1) is 11.4. The molecule has 1 N–H and O–H groups in total. The molecule has 1 aliphatic carbocycles. The van der Waals surface area contributed by atoms with Gasteiger partial charge < -0.3 is 9.88 Å². The van der Waals surface area contributed by atoms with E-state index >= 15 is 0 Å². The molecule has 1 aromatic carbocycles. The molecule has 1 heterocycles. The number of benzene rings is 1. The highest BCUT2D eigenvalue weighted by molar-refractivity contribution is 5.80. The normalized spacial score (nSPS) is 14.8. The van der Waals surface area contributed by atoms with E-state index in [1.165, 1.54) is 29.3 Å². The van der Waals surface area contributed by atoms with Crippen molar-refractivity contribution in [1.82, 2.24) is 9.88 Å². The van der Waals surface area contributed by atoms with Crippen molar-refractivity contribution in [3.8, 4) is 12.3 Å². The van der Waals surface area contributed by atoms with Gasteiger partial charge in [0.1, 0.15) is 0 Å². The Morgan fingerprint density at radius 3 is 3.00 bits per heavy atom. The number of hydrogen-bond acceptors (Lipinski definition) is 1. The number of nitrogens with one attached hydrogen (secondary N) is 1. The van der Waals surface area contributed by atoms with Crippen LogP contribution >= 0.6 is 0 Å². The molecule has 18 heavy (non-hydrogen) atoms. The third-order valence-electron chi connectivity index (χ3n) is 3.50. The first-order valence-corrected chi connectivity index (χ1v) is 6.61. The highest BCUT2D eigenvalue weighted by Crippen LogP contribution is 2.21. The van der Waals surface area contributed by atoms with E-state index < -0.39 is 0 Å². The summed E-state index contributed by atoms with van der Waals surface area (Å²) in [4.78, 5) is 0. The molecule has 1 aromatic heterocycles. The van der Waals surface area contributed by atoms with Crippen LogP contribution in [0.5, 0.6) is 0 Å². The topological polar surface area (TPSA) is 17.0 Å². The second-order valence-electron chi connectivity index (χ2n) is 5.01. The quantitative estimate of drug-likeness (QED) is 0.793. The van der Waals surface area contributed by atoms with Crippen LogP contribution in [0.1, 0.15) is 24.8 Å². The fourth-order valence-corrected chi connectivity index (χ4v) is 2.29. The average Bonchev–Trinajstić information content (AvgIpc) is 3.14. The summed E-state index contributed by atoms with van der Waals surface area (Å²) >= 11 is 0. The van der Waals surface area contributed by atoms with Crippen LogP contribution in [0.2, 0.25) is 0 Å². The van der Waals surface area contributed by atoms with Crippen LogP contribution in [0, 0.1) is 12.3 Å². The minimum absolute atomic E-state index is 0.765. The molecule has 0 radical (unpaired) electrons. The molecular weight excluding hydrogens is 220 g/mol. The summed E-state index contributed by atoms with van der Waals surface area (Å²) in [5.74, 6) is 2.69. The fraction of sp³-hybridized carbons (Fsp3) is 0.375. The van der Waals surface area contributed by atoms with Crippen LogP contribution in [0.3, 0.4) is 0 Å². The maximum Gasteiger partial charge on any atom is 0.0480 e. The molecule has 0 aliphatic heterocycles. The van der Waals surface area contributed by atoms with Crippen molar-refractivity contribution in [2.45, 2.75) is 38.4 Å². The smallest absolute Gasteiger partial charge is 0.0480 e. The maximum absolute atomic E-state index is 5.32. The summed E-state index contributed by atoms with van der Waals surface area (Å²) in [5, 5.41) is 4.85. The Morgan fingerprint density at radius 2 is 2.22 bits per heavy atom. The first-order chi connectivity index (χ1) is 8.86. The van der Waals surface area contributed by atoms with E-state index in [9.17, 15) is 0 Å². The van der Waals surface area contributed by atoms with Crippen LogP contribution in [0.4, 0.5) is 0 Å². The van der Waals surface area contributed by atoms with Gasteiger partial charge in [0.05, 0.1) is 0 Å². The lowest BCUT2D eigenvalue weighted by molar-refractivity contribution is 0.688. The molecule has 2 heteroatoms. The summed E-state index contributed by atoms with van der Waals surface area (Å²) in [6.07, 6.45) is 10.9. The second kappa shape index (κ2) is 4.88. The summed E-state index contributed by atoms with van der Waals surface area (Å²) < 4.78 is 2.23. The molecule has 1 aliphatic rings. The molecular formula is C16H18N2. The van der Waals surface area contributed by atoms with Crippen molar-refractivity contribution in [2.75, 3.05) is 0 Å². The van der Waals surface area contributed by atoms with Gasteiger partial charge in [0.25, 0.3) is 0 Å². The van der Waals surface area contributed by atoms with Gasteiger partial charge in [0.2, 0.25) is 0 Å². The Balaban J connectivity index is 1.77. The second-order valence-corrected chi connectivity index (χ2v) is 5.01. The van der Waals surface area contributed by atoms with Crippen molar-refractivity contribution in [3.05, 3.63) is 36.0 Å². The molecule has 0 bridgehead atoms. The molecule has 1 fully saturated rings. The van der Waals surface area contributed by atoms with Crippen molar-refractivity contribution in [1.29, 1.82) is 0 Å². The maximum atomic E-state index is 5.32. The van der Waals surface area contributed by atoms with Crippen LogP contribution < -0.4 is 5.32 Å². The molecule has 0 spiro atoms. The van der Waals surface area contributed by atoms with Gasteiger partial charge in [-0.3, -0.25) is 0 Å². The molecule has 92 valence electrons. The molecule has 1 saturated carbocycles. The Kier molecular flexibility index (Phi) is 3.08. The molecule has 0 amide bonds. The standard InChI is InChI=1S/C16H18N2/c1-2-3-9-18-10-8-14-11-13(4-7-16(14)18)12-17-15-5-6-15/h1,4,7-8,10-11,15,17H,3,5-6,9,12H2. The highest BCUT2D eigenvalue weighted by Gasteiger charge is 2.19. The zero-order valence-electron chi connectivity index (χ0n) is 10.5. The van der Waals surface area contributed by atoms with Gasteiger partial charge in [-0.1, -0.05) is 6.07 Å². The van der Waals surface area contributed by atoms with E-state index in [4.69, 9.17) is 6.42 Å². The molecule has 0 atom stereocenters. The summed E-state index contributed by atoms with van der Waals surface area (Å²) in [5.41, 5.74) is 2.64. The fourth-order valence-electron chi connectivity index (χ4n) is 2.29. The summed E-state index contributed by atoms with van der Waals surface area (Å²) in [6, 6.07) is 9.63. The predicted molar refractivity (Wildman–Crippen MR) is 75.2 cm³/mol. The van der Waals surface area contributed by atoms with Crippen LogP contribution in [0.25, 0.3) is 10.9 Å². The van der Waals surface area contributed by atoms with Crippen molar-refractivity contribution in [2.24, 2.45) is 0 Å². The summed E-state index contributed by atoms with van der Waals surface area (Å²) in [7, 11) is 0. The Hall–Kier alpha value is -1.72. The average molecular weight is 238 g/mol. The third-order valence-corrected chi connectivity index (χ3v) is 3.50. The van der Waals surface area contributed by atoms with E-state index in [-0.39, 0.29) is 0 Å². The molecule has 0 unspecified atom stereocenters. The first-order valence-electron chi connectivity index (χ1n) is 6.61. The zero-order chi connectivity index (χ0) is 12.4. The van der Waals surface area contributed by atoms with E-state index in [1.54, 1.807) is 0 Å².